The van der Waals surface area contributed by atoms with Crippen LogP contribution in [-0.2, 0) is 4.79 Å². The summed E-state index contributed by atoms with van der Waals surface area (Å²) >= 11 is 0. The standard InChI is InChI=1S/C20H24N2O4/c1-13-6-8-17(14(2)10-13)26-12-20(23)22-21-15(3)16-7-9-18(24-4)19(11-16)25-5/h6-11H,12H2,1-5H3,(H,22,23)/b21-15-. The molecule has 0 aromatic heterocycles. The third-order valence-corrected chi connectivity index (χ3v) is 3.84. The van der Waals surface area contributed by atoms with Gasteiger partial charge in [-0.3, -0.25) is 4.79 Å². The van der Waals surface area contributed by atoms with E-state index in [0.717, 1.165) is 16.7 Å². The van der Waals surface area contributed by atoms with Crippen molar-refractivity contribution in [1.82, 2.24) is 5.43 Å². The van der Waals surface area contributed by atoms with E-state index in [1.165, 1.54) is 0 Å². The molecule has 0 aliphatic heterocycles. The first-order chi connectivity index (χ1) is 12.4. The molecule has 0 saturated heterocycles. The summed E-state index contributed by atoms with van der Waals surface area (Å²) in [5.74, 6) is 1.59. The van der Waals surface area contributed by atoms with Crippen molar-refractivity contribution in [2.75, 3.05) is 20.8 Å². The highest BCUT2D eigenvalue weighted by molar-refractivity contribution is 5.99. The minimum atomic E-state index is -0.329. The Labute approximate surface area is 153 Å². The fourth-order valence-electron chi connectivity index (χ4n) is 2.41. The first kappa shape index (κ1) is 19.3. The largest absolute Gasteiger partial charge is 0.493 e. The molecule has 0 saturated carbocycles. The average Bonchev–Trinajstić information content (AvgIpc) is 2.64. The Morgan fingerprint density at radius 1 is 1.00 bits per heavy atom. The Morgan fingerprint density at radius 2 is 1.69 bits per heavy atom. The molecule has 1 amide bonds. The van der Waals surface area contributed by atoms with Gasteiger partial charge in [0, 0.05) is 5.56 Å². The first-order valence-electron chi connectivity index (χ1n) is 8.20. The van der Waals surface area contributed by atoms with Gasteiger partial charge in [0.25, 0.3) is 5.91 Å². The number of hydrogen-bond donors (Lipinski definition) is 1. The monoisotopic (exact) mass is 356 g/mol. The van der Waals surface area contributed by atoms with Gasteiger partial charge in [0.2, 0.25) is 0 Å². The van der Waals surface area contributed by atoms with Crippen LogP contribution in [0.4, 0.5) is 0 Å². The highest BCUT2D eigenvalue weighted by atomic mass is 16.5. The zero-order valence-corrected chi connectivity index (χ0v) is 15.8. The van der Waals surface area contributed by atoms with Crippen molar-refractivity contribution >= 4 is 11.6 Å². The van der Waals surface area contributed by atoms with E-state index in [1.807, 2.05) is 38.1 Å². The number of carbonyl (C=O) groups excluding carboxylic acids is 1. The molecule has 0 atom stereocenters. The van der Waals surface area contributed by atoms with E-state index < -0.39 is 0 Å². The molecule has 0 unspecified atom stereocenters. The number of nitrogens with zero attached hydrogens (tertiary/aromatic N) is 1. The Morgan fingerprint density at radius 3 is 2.35 bits per heavy atom. The smallest absolute Gasteiger partial charge is 0.277 e. The van der Waals surface area contributed by atoms with Crippen molar-refractivity contribution in [3.05, 3.63) is 53.1 Å². The molecule has 0 heterocycles. The maximum Gasteiger partial charge on any atom is 0.277 e. The summed E-state index contributed by atoms with van der Waals surface area (Å²) in [4.78, 5) is 12.0. The van der Waals surface area contributed by atoms with Crippen molar-refractivity contribution < 1.29 is 19.0 Å². The number of hydrazone groups is 1. The molecule has 2 rings (SSSR count). The summed E-state index contributed by atoms with van der Waals surface area (Å²) in [6.07, 6.45) is 0. The summed E-state index contributed by atoms with van der Waals surface area (Å²) in [5, 5.41) is 4.11. The number of aryl methyl sites for hydroxylation is 2. The second-order valence-corrected chi connectivity index (χ2v) is 5.86. The van der Waals surface area contributed by atoms with Gasteiger partial charge in [-0.25, -0.2) is 5.43 Å². The summed E-state index contributed by atoms with van der Waals surface area (Å²) in [6, 6.07) is 11.2. The van der Waals surface area contributed by atoms with Crippen LogP contribution in [0.15, 0.2) is 41.5 Å². The van der Waals surface area contributed by atoms with Gasteiger partial charge in [-0.15, -0.1) is 0 Å². The Hall–Kier alpha value is -3.02. The quantitative estimate of drug-likeness (QED) is 0.611. The maximum atomic E-state index is 12.0. The summed E-state index contributed by atoms with van der Waals surface area (Å²) in [6.45, 7) is 5.65. The summed E-state index contributed by atoms with van der Waals surface area (Å²) < 4.78 is 16.0. The average molecular weight is 356 g/mol. The highest BCUT2D eigenvalue weighted by Gasteiger charge is 2.08. The number of nitrogens with one attached hydrogen (secondary N) is 1. The molecule has 26 heavy (non-hydrogen) atoms. The Kier molecular flexibility index (Phi) is 6.60. The van der Waals surface area contributed by atoms with E-state index in [0.29, 0.717) is 23.0 Å². The topological polar surface area (TPSA) is 69.2 Å². The third-order valence-electron chi connectivity index (χ3n) is 3.84. The van der Waals surface area contributed by atoms with Crippen molar-refractivity contribution in [2.45, 2.75) is 20.8 Å². The van der Waals surface area contributed by atoms with Crippen LogP contribution in [0.3, 0.4) is 0 Å². The van der Waals surface area contributed by atoms with Crippen LogP contribution in [-0.4, -0.2) is 32.4 Å². The zero-order chi connectivity index (χ0) is 19.1. The normalized spacial score (nSPS) is 11.0. The fraction of sp³-hybridized carbons (Fsp3) is 0.300. The number of ether oxygens (including phenoxy) is 3. The van der Waals surface area contributed by atoms with Crippen molar-refractivity contribution in [2.24, 2.45) is 5.10 Å². The van der Waals surface area contributed by atoms with Gasteiger partial charge in [0.1, 0.15) is 5.75 Å². The van der Waals surface area contributed by atoms with E-state index in [9.17, 15) is 4.79 Å². The van der Waals surface area contributed by atoms with Crippen LogP contribution in [0.2, 0.25) is 0 Å². The van der Waals surface area contributed by atoms with E-state index in [1.54, 1.807) is 33.3 Å². The number of methoxy groups -OCH3 is 2. The lowest BCUT2D eigenvalue weighted by Gasteiger charge is -2.10. The molecule has 0 aliphatic carbocycles. The molecule has 0 aliphatic rings. The number of rotatable bonds is 7. The van der Waals surface area contributed by atoms with Crippen LogP contribution in [0, 0.1) is 13.8 Å². The van der Waals surface area contributed by atoms with Crippen LogP contribution >= 0.6 is 0 Å². The molecule has 0 spiro atoms. The summed E-state index contributed by atoms with van der Waals surface area (Å²) in [7, 11) is 3.15. The van der Waals surface area contributed by atoms with Crippen LogP contribution in [0.5, 0.6) is 17.2 Å². The first-order valence-corrected chi connectivity index (χ1v) is 8.20. The lowest BCUT2D eigenvalue weighted by Crippen LogP contribution is -2.25. The Bertz CT molecular complexity index is 815. The predicted octanol–water partition coefficient (Wildman–Crippen LogP) is 3.24. The third kappa shape index (κ3) is 4.99. The minimum absolute atomic E-state index is 0.105. The van der Waals surface area contributed by atoms with Gasteiger partial charge in [-0.1, -0.05) is 17.7 Å². The van der Waals surface area contributed by atoms with Crippen molar-refractivity contribution in [3.8, 4) is 17.2 Å². The molecule has 6 heteroatoms. The number of carbonyl (C=O) groups is 1. The van der Waals surface area contributed by atoms with E-state index in [2.05, 4.69) is 10.5 Å². The summed E-state index contributed by atoms with van der Waals surface area (Å²) in [5.41, 5.74) is 6.10. The van der Waals surface area contributed by atoms with Gasteiger partial charge >= 0.3 is 0 Å². The molecule has 6 nitrogen and oxygen atoms in total. The van der Waals surface area contributed by atoms with Crippen molar-refractivity contribution in [1.29, 1.82) is 0 Å². The lowest BCUT2D eigenvalue weighted by atomic mass is 10.1. The van der Waals surface area contributed by atoms with Gasteiger partial charge < -0.3 is 14.2 Å². The molecule has 0 bridgehead atoms. The number of hydrogen-bond acceptors (Lipinski definition) is 5. The van der Waals surface area contributed by atoms with Crippen LogP contribution < -0.4 is 19.6 Å². The second kappa shape index (κ2) is 8.89. The van der Waals surface area contributed by atoms with E-state index in [4.69, 9.17) is 14.2 Å². The lowest BCUT2D eigenvalue weighted by molar-refractivity contribution is -0.123. The molecule has 2 aromatic carbocycles. The molecule has 1 N–H and O–H groups in total. The minimum Gasteiger partial charge on any atom is -0.493 e. The van der Waals surface area contributed by atoms with Crippen LogP contribution in [0.1, 0.15) is 23.6 Å². The zero-order valence-electron chi connectivity index (χ0n) is 15.8. The molecule has 2 aromatic rings. The highest BCUT2D eigenvalue weighted by Crippen LogP contribution is 2.27. The van der Waals surface area contributed by atoms with E-state index >= 15 is 0 Å². The SMILES string of the molecule is COc1ccc(/C(C)=N\NC(=O)COc2ccc(C)cc2C)cc1OC. The maximum absolute atomic E-state index is 12.0. The predicted molar refractivity (Wildman–Crippen MR) is 101 cm³/mol. The van der Waals surface area contributed by atoms with E-state index in [-0.39, 0.29) is 12.5 Å². The molecular formula is C20H24N2O4. The van der Waals surface area contributed by atoms with Crippen LogP contribution in [0.25, 0.3) is 0 Å². The fourth-order valence-corrected chi connectivity index (χ4v) is 2.41. The number of benzene rings is 2. The molecule has 0 radical (unpaired) electrons. The van der Waals surface area contributed by atoms with Crippen molar-refractivity contribution in [3.63, 3.8) is 0 Å². The Balaban J connectivity index is 1.96. The molecule has 0 fully saturated rings. The second-order valence-electron chi connectivity index (χ2n) is 5.86. The molecule has 138 valence electrons. The molecular weight excluding hydrogens is 332 g/mol. The van der Waals surface area contributed by atoms with Gasteiger partial charge in [0.05, 0.1) is 19.9 Å². The number of amides is 1. The van der Waals surface area contributed by atoms with Gasteiger partial charge in [-0.05, 0) is 50.6 Å². The van der Waals surface area contributed by atoms with Gasteiger partial charge in [0.15, 0.2) is 18.1 Å². The van der Waals surface area contributed by atoms with Gasteiger partial charge in [-0.2, -0.15) is 5.10 Å².